The fraction of sp³-hybridized carbons (Fsp3) is 0.250. The Morgan fingerprint density at radius 2 is 1.95 bits per heavy atom. The predicted molar refractivity (Wildman–Crippen MR) is 85.6 cm³/mol. The summed E-state index contributed by atoms with van der Waals surface area (Å²) in [5, 5.41) is 3.38. The summed E-state index contributed by atoms with van der Waals surface area (Å²) in [5.41, 5.74) is 2.22. The fourth-order valence-corrected chi connectivity index (χ4v) is 2.30. The Bertz CT molecular complexity index is 572. The SMILES string of the molecule is CCOc1cc(CNc2cccc(Br)c2)ccc1OC. The van der Waals surface area contributed by atoms with Crippen molar-refractivity contribution in [2.24, 2.45) is 0 Å². The van der Waals surface area contributed by atoms with Gasteiger partial charge in [0.05, 0.1) is 13.7 Å². The molecule has 2 aromatic carbocycles. The van der Waals surface area contributed by atoms with Crippen LogP contribution in [0.25, 0.3) is 0 Å². The van der Waals surface area contributed by atoms with Crippen LogP contribution in [0.5, 0.6) is 11.5 Å². The van der Waals surface area contributed by atoms with Crippen LogP contribution in [-0.4, -0.2) is 13.7 Å². The molecule has 2 rings (SSSR count). The van der Waals surface area contributed by atoms with Gasteiger partial charge < -0.3 is 14.8 Å². The molecule has 0 saturated heterocycles. The molecule has 0 aromatic heterocycles. The average molecular weight is 336 g/mol. The molecular weight excluding hydrogens is 318 g/mol. The van der Waals surface area contributed by atoms with E-state index in [0.29, 0.717) is 6.61 Å². The van der Waals surface area contributed by atoms with Crippen molar-refractivity contribution in [3.05, 3.63) is 52.5 Å². The van der Waals surface area contributed by atoms with Gasteiger partial charge >= 0.3 is 0 Å². The first-order valence-electron chi connectivity index (χ1n) is 6.52. The van der Waals surface area contributed by atoms with E-state index in [1.165, 1.54) is 0 Å². The molecule has 0 amide bonds. The number of hydrogen-bond acceptors (Lipinski definition) is 3. The quantitative estimate of drug-likeness (QED) is 0.844. The van der Waals surface area contributed by atoms with Crippen molar-refractivity contribution in [2.75, 3.05) is 19.0 Å². The molecule has 0 heterocycles. The minimum atomic E-state index is 0.624. The molecule has 0 bridgehead atoms. The molecule has 0 saturated carbocycles. The topological polar surface area (TPSA) is 30.5 Å². The zero-order chi connectivity index (χ0) is 14.4. The van der Waals surface area contributed by atoms with Gasteiger partial charge in [0.1, 0.15) is 0 Å². The summed E-state index contributed by atoms with van der Waals surface area (Å²) in [5.74, 6) is 1.54. The molecule has 0 aliphatic heterocycles. The number of benzene rings is 2. The third-order valence-corrected chi connectivity index (χ3v) is 3.34. The fourth-order valence-electron chi connectivity index (χ4n) is 1.90. The van der Waals surface area contributed by atoms with E-state index in [0.717, 1.165) is 33.8 Å². The van der Waals surface area contributed by atoms with Crippen LogP contribution < -0.4 is 14.8 Å². The van der Waals surface area contributed by atoms with Gasteiger partial charge in [0.15, 0.2) is 11.5 Å². The summed E-state index contributed by atoms with van der Waals surface area (Å²) >= 11 is 3.46. The minimum absolute atomic E-state index is 0.624. The highest BCUT2D eigenvalue weighted by Gasteiger charge is 2.05. The predicted octanol–water partition coefficient (Wildman–Crippen LogP) is 4.47. The molecule has 0 unspecified atom stereocenters. The van der Waals surface area contributed by atoms with E-state index >= 15 is 0 Å². The molecule has 0 spiro atoms. The third-order valence-electron chi connectivity index (χ3n) is 2.85. The van der Waals surface area contributed by atoms with Crippen LogP contribution in [0.15, 0.2) is 46.9 Å². The standard InChI is InChI=1S/C16H18BrNO2/c1-3-20-16-9-12(7-8-15(16)19-2)11-18-14-6-4-5-13(17)10-14/h4-10,18H,3,11H2,1-2H3. The molecule has 1 N–H and O–H groups in total. The van der Waals surface area contributed by atoms with Crippen LogP contribution in [0, 0.1) is 0 Å². The van der Waals surface area contributed by atoms with Crippen molar-refractivity contribution in [3.63, 3.8) is 0 Å². The maximum Gasteiger partial charge on any atom is 0.161 e. The Labute approximate surface area is 128 Å². The number of ether oxygens (including phenoxy) is 2. The summed E-state index contributed by atoms with van der Waals surface area (Å²) in [7, 11) is 1.65. The van der Waals surface area contributed by atoms with Crippen LogP contribution in [0.3, 0.4) is 0 Å². The molecular formula is C16H18BrNO2. The van der Waals surface area contributed by atoms with Gasteiger partial charge in [0, 0.05) is 16.7 Å². The lowest BCUT2D eigenvalue weighted by molar-refractivity contribution is 0.310. The van der Waals surface area contributed by atoms with Crippen molar-refractivity contribution < 1.29 is 9.47 Å². The number of anilines is 1. The Balaban J connectivity index is 2.07. The number of nitrogens with one attached hydrogen (secondary N) is 1. The highest BCUT2D eigenvalue weighted by Crippen LogP contribution is 2.28. The van der Waals surface area contributed by atoms with Crippen molar-refractivity contribution in [1.29, 1.82) is 0 Å². The van der Waals surface area contributed by atoms with E-state index in [4.69, 9.17) is 9.47 Å². The largest absolute Gasteiger partial charge is 0.493 e. The van der Waals surface area contributed by atoms with E-state index in [-0.39, 0.29) is 0 Å². The third kappa shape index (κ3) is 3.90. The first kappa shape index (κ1) is 14.7. The molecule has 2 aromatic rings. The van der Waals surface area contributed by atoms with Gasteiger partial charge in [0.2, 0.25) is 0 Å². The van der Waals surface area contributed by atoms with Gasteiger partial charge in [-0.15, -0.1) is 0 Å². The maximum absolute atomic E-state index is 5.58. The van der Waals surface area contributed by atoms with Crippen LogP contribution in [0.4, 0.5) is 5.69 Å². The molecule has 0 atom stereocenters. The van der Waals surface area contributed by atoms with Crippen molar-refractivity contribution in [1.82, 2.24) is 0 Å². The Morgan fingerprint density at radius 1 is 1.10 bits per heavy atom. The number of halogens is 1. The molecule has 20 heavy (non-hydrogen) atoms. The molecule has 0 aliphatic rings. The summed E-state index contributed by atoms with van der Waals surface area (Å²) < 4.78 is 11.9. The zero-order valence-corrected chi connectivity index (χ0v) is 13.2. The Hall–Kier alpha value is -1.68. The van der Waals surface area contributed by atoms with Crippen molar-refractivity contribution in [3.8, 4) is 11.5 Å². The zero-order valence-electron chi connectivity index (χ0n) is 11.7. The van der Waals surface area contributed by atoms with Crippen molar-refractivity contribution >= 4 is 21.6 Å². The summed E-state index contributed by atoms with van der Waals surface area (Å²) in [6.07, 6.45) is 0. The van der Waals surface area contributed by atoms with Gasteiger partial charge in [-0.1, -0.05) is 28.1 Å². The van der Waals surface area contributed by atoms with Crippen LogP contribution in [-0.2, 0) is 6.54 Å². The lowest BCUT2D eigenvalue weighted by Gasteiger charge is -2.12. The van der Waals surface area contributed by atoms with Crippen LogP contribution >= 0.6 is 15.9 Å². The first-order valence-corrected chi connectivity index (χ1v) is 7.31. The average Bonchev–Trinajstić information content (AvgIpc) is 2.46. The second kappa shape index (κ2) is 7.20. The second-order valence-corrected chi connectivity index (χ2v) is 5.20. The minimum Gasteiger partial charge on any atom is -0.493 e. The van der Waals surface area contributed by atoms with Gasteiger partial charge in [-0.05, 0) is 42.8 Å². The van der Waals surface area contributed by atoms with E-state index in [1.54, 1.807) is 7.11 Å². The highest BCUT2D eigenvalue weighted by molar-refractivity contribution is 9.10. The van der Waals surface area contributed by atoms with Crippen LogP contribution in [0.1, 0.15) is 12.5 Å². The van der Waals surface area contributed by atoms with Crippen molar-refractivity contribution in [2.45, 2.75) is 13.5 Å². The Kier molecular flexibility index (Phi) is 5.30. The Morgan fingerprint density at radius 3 is 2.65 bits per heavy atom. The summed E-state index contributed by atoms with van der Waals surface area (Å²) in [4.78, 5) is 0. The van der Waals surface area contributed by atoms with E-state index < -0.39 is 0 Å². The molecule has 0 radical (unpaired) electrons. The number of methoxy groups -OCH3 is 1. The molecule has 0 fully saturated rings. The molecule has 3 nitrogen and oxygen atoms in total. The van der Waals surface area contributed by atoms with Gasteiger partial charge in [-0.3, -0.25) is 0 Å². The van der Waals surface area contributed by atoms with E-state index in [2.05, 4.69) is 21.2 Å². The first-order chi connectivity index (χ1) is 9.72. The maximum atomic E-state index is 5.58. The van der Waals surface area contributed by atoms with Gasteiger partial charge in [-0.2, -0.15) is 0 Å². The lowest BCUT2D eigenvalue weighted by atomic mass is 10.2. The smallest absolute Gasteiger partial charge is 0.161 e. The highest BCUT2D eigenvalue weighted by atomic mass is 79.9. The van der Waals surface area contributed by atoms with E-state index in [9.17, 15) is 0 Å². The second-order valence-electron chi connectivity index (χ2n) is 4.28. The normalized spacial score (nSPS) is 10.2. The van der Waals surface area contributed by atoms with E-state index in [1.807, 2.05) is 49.4 Å². The summed E-state index contributed by atoms with van der Waals surface area (Å²) in [6, 6.07) is 14.1. The van der Waals surface area contributed by atoms with Gasteiger partial charge in [0.25, 0.3) is 0 Å². The molecule has 0 aliphatic carbocycles. The van der Waals surface area contributed by atoms with Crippen LogP contribution in [0.2, 0.25) is 0 Å². The lowest BCUT2D eigenvalue weighted by Crippen LogP contribution is -2.01. The summed E-state index contributed by atoms with van der Waals surface area (Å²) in [6.45, 7) is 3.32. The van der Waals surface area contributed by atoms with Gasteiger partial charge in [-0.25, -0.2) is 0 Å². The number of rotatable bonds is 6. The monoisotopic (exact) mass is 335 g/mol. The number of hydrogen-bond donors (Lipinski definition) is 1. The molecule has 4 heteroatoms. The molecule has 106 valence electrons.